The van der Waals surface area contributed by atoms with Crippen molar-refractivity contribution in [1.82, 2.24) is 9.97 Å². The van der Waals surface area contributed by atoms with Gasteiger partial charge in [0.05, 0.1) is 12.6 Å². The summed E-state index contributed by atoms with van der Waals surface area (Å²) in [5, 5.41) is 12.6. The van der Waals surface area contributed by atoms with E-state index in [9.17, 15) is 4.79 Å². The van der Waals surface area contributed by atoms with Crippen LogP contribution in [0.15, 0.2) is 24.5 Å². The van der Waals surface area contributed by atoms with E-state index in [4.69, 9.17) is 9.84 Å². The third kappa shape index (κ3) is 3.31. The minimum absolute atomic E-state index is 0.143. The number of carbonyl (C=O) groups is 1. The summed E-state index contributed by atoms with van der Waals surface area (Å²) in [6, 6.07) is 5.56. The highest BCUT2D eigenvalue weighted by Gasteiger charge is 2.04. The number of methoxy groups -OCH3 is 1. The molecule has 1 heterocycles. The fourth-order valence-electron chi connectivity index (χ4n) is 1.75. The maximum absolute atomic E-state index is 10.4. The second-order valence-corrected chi connectivity index (χ2v) is 4.03. The Hall–Kier alpha value is -2.37. The number of benzene rings is 1. The van der Waals surface area contributed by atoms with Gasteiger partial charge in [0.2, 0.25) is 0 Å². The van der Waals surface area contributed by atoms with Crippen molar-refractivity contribution in [2.45, 2.75) is 12.8 Å². The van der Waals surface area contributed by atoms with E-state index < -0.39 is 5.97 Å². The molecule has 0 fully saturated rings. The van der Waals surface area contributed by atoms with Crippen molar-refractivity contribution in [2.24, 2.45) is 0 Å². The molecular formula is C13H15N3O3. The summed E-state index contributed by atoms with van der Waals surface area (Å²) < 4.78 is 5.14. The molecule has 0 aliphatic carbocycles. The van der Waals surface area contributed by atoms with Crippen LogP contribution < -0.4 is 10.1 Å². The van der Waals surface area contributed by atoms with E-state index in [-0.39, 0.29) is 6.42 Å². The number of rotatable bonds is 6. The Morgan fingerprint density at radius 3 is 3.00 bits per heavy atom. The SMILES string of the molecule is COc1ccc2c(NCCCC(=O)O)ncnc2c1. The molecule has 2 aromatic rings. The van der Waals surface area contributed by atoms with Crippen LogP contribution in [0.25, 0.3) is 10.9 Å². The van der Waals surface area contributed by atoms with E-state index in [0.29, 0.717) is 18.8 Å². The summed E-state index contributed by atoms with van der Waals surface area (Å²) in [6.07, 6.45) is 2.17. The second-order valence-electron chi connectivity index (χ2n) is 4.03. The van der Waals surface area contributed by atoms with Gasteiger partial charge in [0.15, 0.2) is 0 Å². The molecule has 0 bridgehead atoms. The number of ether oxygens (including phenoxy) is 1. The van der Waals surface area contributed by atoms with E-state index in [2.05, 4.69) is 15.3 Å². The fraction of sp³-hybridized carbons (Fsp3) is 0.308. The number of nitrogens with zero attached hydrogens (tertiary/aromatic N) is 2. The first kappa shape index (κ1) is 13.1. The zero-order valence-electron chi connectivity index (χ0n) is 10.6. The molecule has 0 saturated heterocycles. The number of carboxylic acid groups (broad SMARTS) is 1. The van der Waals surface area contributed by atoms with E-state index in [1.165, 1.54) is 6.33 Å². The summed E-state index contributed by atoms with van der Waals surface area (Å²) in [5.41, 5.74) is 0.787. The maximum Gasteiger partial charge on any atom is 0.303 e. The van der Waals surface area contributed by atoms with Crippen LogP contribution in [-0.4, -0.2) is 34.7 Å². The van der Waals surface area contributed by atoms with E-state index in [0.717, 1.165) is 16.7 Å². The first-order valence-electron chi connectivity index (χ1n) is 5.95. The van der Waals surface area contributed by atoms with Crippen molar-refractivity contribution in [3.05, 3.63) is 24.5 Å². The summed E-state index contributed by atoms with van der Waals surface area (Å²) in [7, 11) is 1.60. The highest BCUT2D eigenvalue weighted by molar-refractivity contribution is 5.89. The Labute approximate surface area is 110 Å². The number of fused-ring (bicyclic) bond motifs is 1. The summed E-state index contributed by atoms with van der Waals surface area (Å²) in [5.74, 6) is 0.653. The van der Waals surface area contributed by atoms with Gasteiger partial charge in [0, 0.05) is 24.4 Å². The molecule has 6 nitrogen and oxygen atoms in total. The van der Waals surface area contributed by atoms with Crippen LogP contribution >= 0.6 is 0 Å². The average Bonchev–Trinajstić information content (AvgIpc) is 2.42. The van der Waals surface area contributed by atoms with Gasteiger partial charge in [0.1, 0.15) is 17.9 Å². The van der Waals surface area contributed by atoms with Gasteiger partial charge in [0.25, 0.3) is 0 Å². The van der Waals surface area contributed by atoms with Crippen LogP contribution in [0, 0.1) is 0 Å². The van der Waals surface area contributed by atoms with Crippen molar-refractivity contribution in [3.8, 4) is 5.75 Å². The lowest BCUT2D eigenvalue weighted by Gasteiger charge is -2.08. The predicted octanol–water partition coefficient (Wildman–Crippen LogP) is 1.92. The highest BCUT2D eigenvalue weighted by atomic mass is 16.5. The summed E-state index contributed by atoms with van der Waals surface area (Å²) in [4.78, 5) is 18.8. The van der Waals surface area contributed by atoms with E-state index in [1.54, 1.807) is 7.11 Å². The monoisotopic (exact) mass is 261 g/mol. The van der Waals surface area contributed by atoms with Crippen molar-refractivity contribution in [2.75, 3.05) is 19.0 Å². The molecule has 100 valence electrons. The van der Waals surface area contributed by atoms with Gasteiger partial charge in [-0.15, -0.1) is 0 Å². The molecule has 0 aliphatic heterocycles. The van der Waals surface area contributed by atoms with Crippen LogP contribution in [0.5, 0.6) is 5.75 Å². The van der Waals surface area contributed by atoms with Gasteiger partial charge in [-0.25, -0.2) is 9.97 Å². The number of aliphatic carboxylic acids is 1. The average molecular weight is 261 g/mol. The molecule has 1 aromatic carbocycles. The predicted molar refractivity (Wildman–Crippen MR) is 71.4 cm³/mol. The number of anilines is 1. The zero-order valence-corrected chi connectivity index (χ0v) is 10.6. The minimum atomic E-state index is -0.793. The Bertz CT molecular complexity index is 586. The van der Waals surface area contributed by atoms with Crippen molar-refractivity contribution >= 4 is 22.7 Å². The Kier molecular flexibility index (Phi) is 4.12. The van der Waals surface area contributed by atoms with Crippen LogP contribution in [0.4, 0.5) is 5.82 Å². The van der Waals surface area contributed by atoms with E-state index >= 15 is 0 Å². The van der Waals surface area contributed by atoms with Gasteiger partial charge in [-0.1, -0.05) is 0 Å². The standard InChI is InChI=1S/C13H15N3O3/c1-19-9-4-5-10-11(7-9)15-8-16-13(10)14-6-2-3-12(17)18/h4-5,7-8H,2-3,6H2,1H3,(H,17,18)(H,14,15,16). The quantitative estimate of drug-likeness (QED) is 0.773. The molecular weight excluding hydrogens is 246 g/mol. The number of aromatic nitrogens is 2. The molecule has 6 heteroatoms. The van der Waals surface area contributed by atoms with Gasteiger partial charge < -0.3 is 15.2 Å². The van der Waals surface area contributed by atoms with Crippen LogP contribution in [0.1, 0.15) is 12.8 Å². The Balaban J connectivity index is 2.12. The molecule has 0 aliphatic rings. The van der Waals surface area contributed by atoms with Crippen molar-refractivity contribution in [3.63, 3.8) is 0 Å². The first-order valence-corrected chi connectivity index (χ1v) is 5.95. The minimum Gasteiger partial charge on any atom is -0.497 e. The smallest absolute Gasteiger partial charge is 0.303 e. The molecule has 0 amide bonds. The van der Waals surface area contributed by atoms with Crippen LogP contribution in [0.2, 0.25) is 0 Å². The molecule has 0 radical (unpaired) electrons. The third-order valence-electron chi connectivity index (χ3n) is 2.70. The van der Waals surface area contributed by atoms with Gasteiger partial charge >= 0.3 is 5.97 Å². The lowest BCUT2D eigenvalue weighted by Crippen LogP contribution is -2.06. The fourth-order valence-corrected chi connectivity index (χ4v) is 1.75. The molecule has 0 saturated carbocycles. The third-order valence-corrected chi connectivity index (χ3v) is 2.70. The van der Waals surface area contributed by atoms with Crippen LogP contribution in [0.3, 0.4) is 0 Å². The number of hydrogen-bond acceptors (Lipinski definition) is 5. The molecule has 2 N–H and O–H groups in total. The van der Waals surface area contributed by atoms with Gasteiger partial charge in [-0.05, 0) is 18.6 Å². The molecule has 0 atom stereocenters. The number of hydrogen-bond donors (Lipinski definition) is 2. The van der Waals surface area contributed by atoms with Crippen LogP contribution in [-0.2, 0) is 4.79 Å². The van der Waals surface area contributed by atoms with Crippen molar-refractivity contribution < 1.29 is 14.6 Å². The largest absolute Gasteiger partial charge is 0.497 e. The Morgan fingerprint density at radius 2 is 2.26 bits per heavy atom. The summed E-state index contributed by atoms with van der Waals surface area (Å²) in [6.45, 7) is 0.560. The number of carboxylic acids is 1. The lowest BCUT2D eigenvalue weighted by molar-refractivity contribution is -0.137. The normalized spacial score (nSPS) is 10.4. The molecule has 19 heavy (non-hydrogen) atoms. The number of nitrogens with one attached hydrogen (secondary N) is 1. The molecule has 1 aromatic heterocycles. The van der Waals surface area contributed by atoms with E-state index in [1.807, 2.05) is 18.2 Å². The lowest BCUT2D eigenvalue weighted by atomic mass is 10.2. The summed E-state index contributed by atoms with van der Waals surface area (Å²) >= 11 is 0. The first-order chi connectivity index (χ1) is 9.20. The maximum atomic E-state index is 10.4. The van der Waals surface area contributed by atoms with Gasteiger partial charge in [-0.3, -0.25) is 4.79 Å². The topological polar surface area (TPSA) is 84.3 Å². The highest BCUT2D eigenvalue weighted by Crippen LogP contribution is 2.23. The molecule has 2 rings (SSSR count). The Morgan fingerprint density at radius 1 is 1.42 bits per heavy atom. The molecule has 0 unspecified atom stereocenters. The van der Waals surface area contributed by atoms with Gasteiger partial charge in [-0.2, -0.15) is 0 Å². The molecule has 0 spiro atoms. The second kappa shape index (κ2) is 5.99. The zero-order chi connectivity index (χ0) is 13.7. The van der Waals surface area contributed by atoms with Crippen molar-refractivity contribution in [1.29, 1.82) is 0 Å².